The van der Waals surface area contributed by atoms with E-state index in [-0.39, 0.29) is 5.96 Å². The van der Waals surface area contributed by atoms with Gasteiger partial charge in [0.15, 0.2) is 0 Å². The molecule has 1 aliphatic heterocycles. The van der Waals surface area contributed by atoms with Crippen LogP contribution in [0.3, 0.4) is 0 Å². The summed E-state index contributed by atoms with van der Waals surface area (Å²) in [4.78, 5) is 10.8. The molecule has 2 aliphatic rings. The third-order valence-corrected chi connectivity index (χ3v) is 4.48. The van der Waals surface area contributed by atoms with E-state index < -0.39 is 5.66 Å². The van der Waals surface area contributed by atoms with Crippen LogP contribution in [0.25, 0.3) is 0 Å². The molecule has 124 valence electrons. The van der Waals surface area contributed by atoms with Crippen molar-refractivity contribution in [1.29, 1.82) is 0 Å². The molecule has 23 heavy (non-hydrogen) atoms. The predicted octanol–water partition coefficient (Wildman–Crippen LogP) is 1.81. The van der Waals surface area contributed by atoms with Gasteiger partial charge in [-0.2, -0.15) is 4.99 Å². The van der Waals surface area contributed by atoms with Crippen LogP contribution in [0.4, 0.5) is 5.69 Å². The topological polar surface area (TPSA) is 98.5 Å². The first-order chi connectivity index (χ1) is 11.1. The number of aliphatic imine (C=N–C) groups is 2. The van der Waals surface area contributed by atoms with Gasteiger partial charge in [0, 0.05) is 6.07 Å². The molecule has 0 saturated heterocycles. The molecule has 1 fully saturated rings. The molecule has 0 bridgehead atoms. The normalized spacial score (nSPS) is 20.0. The number of rotatable bonds is 3. The van der Waals surface area contributed by atoms with E-state index in [4.69, 9.17) is 20.9 Å². The van der Waals surface area contributed by atoms with Crippen molar-refractivity contribution in [3.8, 4) is 11.5 Å². The standard InChI is InChI=1S/C16H23N5O2/c1-22-11-6-7-12(13(10-11)23-2)21-15(18)19-14(17)20-16(21)8-4-3-5-9-16/h6-7,10H,3-5,8-9H2,1-2H3,(H4,17,18,19,20). The van der Waals surface area contributed by atoms with E-state index in [0.29, 0.717) is 11.7 Å². The number of nitrogens with two attached hydrogens (primary N) is 2. The van der Waals surface area contributed by atoms with Gasteiger partial charge in [0.2, 0.25) is 11.9 Å². The lowest BCUT2D eigenvalue weighted by molar-refractivity contribution is 0.302. The molecule has 1 spiro atoms. The molecular formula is C16H23N5O2. The second-order valence-electron chi connectivity index (χ2n) is 5.86. The van der Waals surface area contributed by atoms with Crippen molar-refractivity contribution < 1.29 is 9.47 Å². The van der Waals surface area contributed by atoms with E-state index in [0.717, 1.165) is 37.1 Å². The zero-order chi connectivity index (χ0) is 16.4. The summed E-state index contributed by atoms with van der Waals surface area (Å²) in [5, 5.41) is 0. The van der Waals surface area contributed by atoms with Crippen LogP contribution in [-0.4, -0.2) is 31.8 Å². The molecule has 7 nitrogen and oxygen atoms in total. The number of methoxy groups -OCH3 is 2. The summed E-state index contributed by atoms with van der Waals surface area (Å²) in [6.07, 6.45) is 5.14. The lowest BCUT2D eigenvalue weighted by Gasteiger charge is -2.45. The van der Waals surface area contributed by atoms with Gasteiger partial charge in [0.25, 0.3) is 0 Å². The summed E-state index contributed by atoms with van der Waals surface area (Å²) < 4.78 is 10.8. The Balaban J connectivity index is 2.10. The molecule has 1 saturated carbocycles. The van der Waals surface area contributed by atoms with Crippen LogP contribution in [0, 0.1) is 0 Å². The second kappa shape index (κ2) is 5.98. The average Bonchev–Trinajstić information content (AvgIpc) is 2.55. The maximum Gasteiger partial charge on any atom is 0.220 e. The quantitative estimate of drug-likeness (QED) is 0.886. The highest BCUT2D eigenvalue weighted by molar-refractivity contribution is 6.06. The Bertz CT molecular complexity index is 650. The fourth-order valence-corrected chi connectivity index (χ4v) is 3.44. The summed E-state index contributed by atoms with van der Waals surface area (Å²) in [5.74, 6) is 1.98. The summed E-state index contributed by atoms with van der Waals surface area (Å²) >= 11 is 0. The van der Waals surface area contributed by atoms with Crippen molar-refractivity contribution in [2.24, 2.45) is 21.5 Å². The highest BCUT2D eigenvalue weighted by atomic mass is 16.5. The van der Waals surface area contributed by atoms with Crippen molar-refractivity contribution in [2.45, 2.75) is 37.8 Å². The first-order valence-electron chi connectivity index (χ1n) is 7.81. The zero-order valence-electron chi connectivity index (χ0n) is 13.6. The SMILES string of the molecule is COc1ccc(N2C(N)=NC(N)=NC23CCCCC3)c(OC)c1. The molecule has 0 atom stereocenters. The van der Waals surface area contributed by atoms with E-state index in [1.165, 1.54) is 6.42 Å². The largest absolute Gasteiger partial charge is 0.497 e. The number of hydrogen-bond donors (Lipinski definition) is 2. The Morgan fingerprint density at radius 2 is 1.83 bits per heavy atom. The van der Waals surface area contributed by atoms with E-state index in [1.807, 2.05) is 23.1 Å². The molecule has 0 amide bonds. The molecular weight excluding hydrogens is 294 g/mol. The molecule has 1 aromatic rings. The highest BCUT2D eigenvalue weighted by Gasteiger charge is 2.43. The summed E-state index contributed by atoms with van der Waals surface area (Å²) in [6, 6.07) is 5.64. The van der Waals surface area contributed by atoms with Gasteiger partial charge in [0.1, 0.15) is 17.2 Å². The van der Waals surface area contributed by atoms with Crippen LogP contribution in [0.1, 0.15) is 32.1 Å². The Morgan fingerprint density at radius 1 is 1.09 bits per heavy atom. The molecule has 0 unspecified atom stereocenters. The van der Waals surface area contributed by atoms with Crippen molar-refractivity contribution in [2.75, 3.05) is 19.1 Å². The molecule has 3 rings (SSSR count). The van der Waals surface area contributed by atoms with Crippen molar-refractivity contribution in [3.63, 3.8) is 0 Å². The van der Waals surface area contributed by atoms with Crippen LogP contribution in [0.5, 0.6) is 11.5 Å². The molecule has 0 radical (unpaired) electrons. The number of nitrogens with zero attached hydrogens (tertiary/aromatic N) is 3. The van der Waals surface area contributed by atoms with Gasteiger partial charge in [-0.25, -0.2) is 4.99 Å². The minimum atomic E-state index is -0.476. The van der Waals surface area contributed by atoms with E-state index >= 15 is 0 Å². The predicted molar refractivity (Wildman–Crippen MR) is 91.1 cm³/mol. The number of guanidine groups is 2. The molecule has 0 aromatic heterocycles. The van der Waals surface area contributed by atoms with Gasteiger partial charge < -0.3 is 20.9 Å². The molecule has 7 heteroatoms. The summed E-state index contributed by atoms with van der Waals surface area (Å²) in [5.41, 5.74) is 12.5. The zero-order valence-corrected chi connectivity index (χ0v) is 13.6. The summed E-state index contributed by atoms with van der Waals surface area (Å²) in [7, 11) is 3.25. The third-order valence-electron chi connectivity index (χ3n) is 4.48. The van der Waals surface area contributed by atoms with Gasteiger partial charge in [-0.15, -0.1) is 0 Å². The number of benzene rings is 1. The Hall–Kier alpha value is -2.44. The van der Waals surface area contributed by atoms with Crippen LogP contribution in [0.2, 0.25) is 0 Å². The number of anilines is 1. The van der Waals surface area contributed by atoms with Crippen molar-refractivity contribution >= 4 is 17.6 Å². The molecule has 1 aromatic carbocycles. The fourth-order valence-electron chi connectivity index (χ4n) is 3.44. The third kappa shape index (κ3) is 2.67. The summed E-state index contributed by atoms with van der Waals surface area (Å²) in [6.45, 7) is 0. The van der Waals surface area contributed by atoms with Crippen LogP contribution >= 0.6 is 0 Å². The molecule has 1 heterocycles. The first-order valence-corrected chi connectivity index (χ1v) is 7.81. The molecule has 4 N–H and O–H groups in total. The van der Waals surface area contributed by atoms with Crippen LogP contribution in [-0.2, 0) is 0 Å². The van der Waals surface area contributed by atoms with Gasteiger partial charge in [-0.3, -0.25) is 4.90 Å². The van der Waals surface area contributed by atoms with Gasteiger partial charge in [-0.05, 0) is 37.8 Å². The van der Waals surface area contributed by atoms with Crippen LogP contribution in [0.15, 0.2) is 28.2 Å². The maximum atomic E-state index is 6.23. The number of hydrogen-bond acceptors (Lipinski definition) is 7. The minimum absolute atomic E-state index is 0.244. The average molecular weight is 317 g/mol. The Kier molecular flexibility index (Phi) is 4.02. The lowest BCUT2D eigenvalue weighted by atomic mass is 9.87. The van der Waals surface area contributed by atoms with E-state index in [1.54, 1.807) is 14.2 Å². The first kappa shape index (κ1) is 15.5. The Labute approximate surface area is 136 Å². The van der Waals surface area contributed by atoms with Crippen molar-refractivity contribution in [3.05, 3.63) is 18.2 Å². The maximum absolute atomic E-state index is 6.23. The number of ether oxygens (including phenoxy) is 2. The monoisotopic (exact) mass is 317 g/mol. The minimum Gasteiger partial charge on any atom is -0.497 e. The molecule has 1 aliphatic carbocycles. The second-order valence-corrected chi connectivity index (χ2v) is 5.86. The van der Waals surface area contributed by atoms with Gasteiger partial charge in [0.05, 0.1) is 19.9 Å². The lowest BCUT2D eigenvalue weighted by Crippen LogP contribution is -2.58. The van der Waals surface area contributed by atoms with E-state index in [9.17, 15) is 0 Å². The highest BCUT2D eigenvalue weighted by Crippen LogP contribution is 2.43. The Morgan fingerprint density at radius 3 is 2.48 bits per heavy atom. The van der Waals surface area contributed by atoms with Gasteiger partial charge in [-0.1, -0.05) is 6.42 Å². The van der Waals surface area contributed by atoms with Crippen molar-refractivity contribution in [1.82, 2.24) is 0 Å². The van der Waals surface area contributed by atoms with Gasteiger partial charge >= 0.3 is 0 Å². The smallest absolute Gasteiger partial charge is 0.220 e. The van der Waals surface area contributed by atoms with Crippen LogP contribution < -0.4 is 25.8 Å². The fraction of sp³-hybridized carbons (Fsp3) is 0.500. The van der Waals surface area contributed by atoms with E-state index in [2.05, 4.69) is 9.98 Å².